The number of carbonyl (C=O) groups excluding carboxylic acids is 1. The Morgan fingerprint density at radius 1 is 1.24 bits per heavy atom. The summed E-state index contributed by atoms with van der Waals surface area (Å²) in [6.45, 7) is 10.2. The average molecular weight is 348 g/mol. The van der Waals surface area contributed by atoms with Crippen molar-refractivity contribution < 1.29 is 9.53 Å². The average Bonchev–Trinajstić information content (AvgIpc) is 2.88. The fraction of sp³-hybridized carbons (Fsp3) is 0.800. The van der Waals surface area contributed by atoms with Crippen LogP contribution in [-0.2, 0) is 24.2 Å². The Kier molecular flexibility index (Phi) is 5.40. The van der Waals surface area contributed by atoms with Gasteiger partial charge in [0.2, 0.25) is 0 Å². The van der Waals surface area contributed by atoms with Crippen molar-refractivity contribution in [3.63, 3.8) is 0 Å². The van der Waals surface area contributed by atoms with Crippen molar-refractivity contribution in [1.82, 2.24) is 14.7 Å². The molecule has 5 nitrogen and oxygen atoms in total. The Balaban J connectivity index is 1.66. The predicted octanol–water partition coefficient (Wildman–Crippen LogP) is 4.46. The lowest BCUT2D eigenvalue weighted by Gasteiger charge is -2.30. The Morgan fingerprint density at radius 3 is 2.64 bits per heavy atom. The van der Waals surface area contributed by atoms with Crippen LogP contribution in [-0.4, -0.2) is 32.9 Å². The standard InChI is InChI=1S/C20H33N3O2/c1-15-17-11-12-22(19(24)25-20(2,3)4)14-18(17)23(21-15)13-10-16-8-6-5-7-9-16/h16H,5-14H2,1-4H3. The molecule has 140 valence electrons. The maximum absolute atomic E-state index is 12.4. The molecule has 1 aliphatic carbocycles. The van der Waals surface area contributed by atoms with Gasteiger partial charge in [-0.2, -0.15) is 5.10 Å². The van der Waals surface area contributed by atoms with Crippen LogP contribution in [0, 0.1) is 12.8 Å². The third-order valence-electron chi connectivity index (χ3n) is 5.47. The zero-order valence-electron chi connectivity index (χ0n) is 16.3. The van der Waals surface area contributed by atoms with Crippen LogP contribution < -0.4 is 0 Å². The molecule has 0 N–H and O–H groups in total. The van der Waals surface area contributed by atoms with Crippen molar-refractivity contribution in [2.75, 3.05) is 6.54 Å². The third-order valence-corrected chi connectivity index (χ3v) is 5.47. The second-order valence-corrected chi connectivity index (χ2v) is 8.68. The van der Waals surface area contributed by atoms with Gasteiger partial charge in [0.25, 0.3) is 0 Å². The van der Waals surface area contributed by atoms with Gasteiger partial charge in [0, 0.05) is 13.1 Å². The summed E-state index contributed by atoms with van der Waals surface area (Å²) in [6, 6.07) is 0. The number of ether oxygens (including phenoxy) is 1. The van der Waals surface area contributed by atoms with E-state index in [0.29, 0.717) is 6.54 Å². The predicted molar refractivity (Wildman–Crippen MR) is 98.5 cm³/mol. The second-order valence-electron chi connectivity index (χ2n) is 8.68. The van der Waals surface area contributed by atoms with Crippen LogP contribution in [0.5, 0.6) is 0 Å². The molecule has 3 rings (SSSR count). The van der Waals surface area contributed by atoms with E-state index in [1.807, 2.05) is 25.7 Å². The lowest BCUT2D eigenvalue weighted by atomic mass is 9.87. The van der Waals surface area contributed by atoms with Crippen LogP contribution in [0.2, 0.25) is 0 Å². The summed E-state index contributed by atoms with van der Waals surface area (Å²) in [6.07, 6.45) is 8.77. The van der Waals surface area contributed by atoms with Crippen molar-refractivity contribution in [3.8, 4) is 0 Å². The first-order chi connectivity index (χ1) is 11.8. The van der Waals surface area contributed by atoms with Crippen molar-refractivity contribution >= 4 is 6.09 Å². The largest absolute Gasteiger partial charge is 0.444 e. The van der Waals surface area contributed by atoms with Crippen molar-refractivity contribution in [2.24, 2.45) is 5.92 Å². The maximum atomic E-state index is 12.4. The molecular weight excluding hydrogens is 314 g/mol. The molecule has 0 saturated heterocycles. The van der Waals surface area contributed by atoms with E-state index >= 15 is 0 Å². The van der Waals surface area contributed by atoms with E-state index in [9.17, 15) is 4.79 Å². The molecule has 5 heteroatoms. The lowest BCUT2D eigenvalue weighted by molar-refractivity contribution is 0.0218. The number of nitrogens with zero attached hydrogens (tertiary/aromatic N) is 3. The number of carbonyl (C=O) groups is 1. The number of aromatic nitrogens is 2. The zero-order valence-corrected chi connectivity index (χ0v) is 16.3. The molecule has 1 fully saturated rings. The minimum atomic E-state index is -0.450. The Hall–Kier alpha value is -1.52. The summed E-state index contributed by atoms with van der Waals surface area (Å²) < 4.78 is 7.71. The normalized spacial score (nSPS) is 19.0. The van der Waals surface area contributed by atoms with Gasteiger partial charge in [-0.15, -0.1) is 0 Å². The molecule has 0 spiro atoms. The highest BCUT2D eigenvalue weighted by atomic mass is 16.6. The Labute approximate surface area is 151 Å². The van der Waals surface area contributed by atoms with Crippen LogP contribution in [0.3, 0.4) is 0 Å². The first-order valence-corrected chi connectivity index (χ1v) is 9.86. The van der Waals surface area contributed by atoms with Gasteiger partial charge in [-0.3, -0.25) is 4.68 Å². The van der Waals surface area contributed by atoms with Gasteiger partial charge in [0.1, 0.15) is 5.60 Å². The molecule has 1 aliphatic heterocycles. The molecule has 0 unspecified atom stereocenters. The minimum Gasteiger partial charge on any atom is -0.444 e. The topological polar surface area (TPSA) is 47.4 Å². The molecule has 0 aromatic carbocycles. The highest BCUT2D eigenvalue weighted by Gasteiger charge is 2.29. The van der Waals surface area contributed by atoms with E-state index in [2.05, 4.69) is 11.6 Å². The highest BCUT2D eigenvalue weighted by Crippen LogP contribution is 2.28. The number of amides is 1. The highest BCUT2D eigenvalue weighted by molar-refractivity contribution is 5.68. The summed E-state index contributed by atoms with van der Waals surface area (Å²) in [4.78, 5) is 14.2. The maximum Gasteiger partial charge on any atom is 0.410 e. The minimum absolute atomic E-state index is 0.212. The van der Waals surface area contributed by atoms with E-state index in [1.165, 1.54) is 49.8 Å². The molecule has 0 bridgehead atoms. The molecule has 1 amide bonds. The number of aryl methyl sites for hydroxylation is 2. The fourth-order valence-corrected chi connectivity index (χ4v) is 4.12. The summed E-state index contributed by atoms with van der Waals surface area (Å²) >= 11 is 0. The van der Waals surface area contributed by atoms with Gasteiger partial charge in [-0.25, -0.2) is 4.79 Å². The van der Waals surface area contributed by atoms with Crippen LogP contribution in [0.25, 0.3) is 0 Å². The second kappa shape index (κ2) is 7.38. The Bertz CT molecular complexity index is 609. The third kappa shape index (κ3) is 4.56. The van der Waals surface area contributed by atoms with E-state index in [4.69, 9.17) is 9.84 Å². The molecule has 2 heterocycles. The summed E-state index contributed by atoms with van der Waals surface area (Å²) in [5, 5.41) is 4.78. The van der Waals surface area contributed by atoms with Crippen molar-refractivity contribution in [3.05, 3.63) is 17.0 Å². The molecular formula is C20H33N3O2. The van der Waals surface area contributed by atoms with Crippen LogP contribution in [0.15, 0.2) is 0 Å². The molecule has 1 saturated carbocycles. The van der Waals surface area contributed by atoms with E-state index < -0.39 is 5.60 Å². The summed E-state index contributed by atoms with van der Waals surface area (Å²) in [5.41, 5.74) is 3.23. The van der Waals surface area contributed by atoms with Gasteiger partial charge in [0.15, 0.2) is 0 Å². The van der Waals surface area contributed by atoms with Crippen molar-refractivity contribution in [1.29, 1.82) is 0 Å². The Morgan fingerprint density at radius 2 is 1.96 bits per heavy atom. The van der Waals surface area contributed by atoms with Crippen molar-refractivity contribution in [2.45, 2.75) is 91.3 Å². The van der Waals surface area contributed by atoms with Gasteiger partial charge in [0.05, 0.1) is 17.9 Å². The molecule has 1 aromatic heterocycles. The van der Waals surface area contributed by atoms with Gasteiger partial charge < -0.3 is 9.64 Å². The first-order valence-electron chi connectivity index (χ1n) is 9.86. The van der Waals surface area contributed by atoms with Crippen LogP contribution in [0.4, 0.5) is 4.79 Å². The van der Waals surface area contributed by atoms with E-state index in [-0.39, 0.29) is 6.09 Å². The number of rotatable bonds is 3. The molecule has 1 aromatic rings. The molecule has 2 aliphatic rings. The molecule has 0 radical (unpaired) electrons. The quantitative estimate of drug-likeness (QED) is 0.811. The smallest absolute Gasteiger partial charge is 0.410 e. The monoisotopic (exact) mass is 347 g/mol. The van der Waals surface area contributed by atoms with Gasteiger partial charge in [-0.1, -0.05) is 32.1 Å². The van der Waals surface area contributed by atoms with Crippen LogP contribution in [0.1, 0.15) is 76.2 Å². The van der Waals surface area contributed by atoms with Crippen LogP contribution >= 0.6 is 0 Å². The van der Waals surface area contributed by atoms with Gasteiger partial charge in [-0.05, 0) is 52.0 Å². The fourth-order valence-electron chi connectivity index (χ4n) is 4.12. The number of fused-ring (bicyclic) bond motifs is 1. The van der Waals surface area contributed by atoms with E-state index in [0.717, 1.165) is 31.1 Å². The molecule has 0 atom stereocenters. The zero-order chi connectivity index (χ0) is 18.0. The molecule has 25 heavy (non-hydrogen) atoms. The van der Waals surface area contributed by atoms with Gasteiger partial charge >= 0.3 is 6.09 Å². The number of hydrogen-bond acceptors (Lipinski definition) is 3. The SMILES string of the molecule is Cc1nn(CCC2CCCCC2)c2c1CCN(C(=O)OC(C)(C)C)C2. The summed E-state index contributed by atoms with van der Waals surface area (Å²) in [7, 11) is 0. The number of hydrogen-bond donors (Lipinski definition) is 0. The lowest BCUT2D eigenvalue weighted by Crippen LogP contribution is -2.40. The first kappa shape index (κ1) is 18.3. The van der Waals surface area contributed by atoms with E-state index in [1.54, 1.807) is 0 Å². The summed E-state index contributed by atoms with van der Waals surface area (Å²) in [5.74, 6) is 0.847.